The number of benzene rings is 1. The number of halogens is 4. The summed E-state index contributed by atoms with van der Waals surface area (Å²) in [6, 6.07) is 0.424. The van der Waals surface area contributed by atoms with E-state index in [9.17, 15) is 21.6 Å². The van der Waals surface area contributed by atoms with Crippen LogP contribution in [0.2, 0.25) is 0 Å². The molecule has 1 aromatic rings. The lowest BCUT2D eigenvalue weighted by Gasteiger charge is -2.08. The summed E-state index contributed by atoms with van der Waals surface area (Å²) in [4.78, 5) is 0. The number of hydrogen-bond donors (Lipinski definition) is 0. The first-order chi connectivity index (χ1) is 7.26. The molecule has 0 radical (unpaired) electrons. The zero-order valence-corrected chi connectivity index (χ0v) is 9.50. The van der Waals surface area contributed by atoms with E-state index in [4.69, 9.17) is 10.7 Å². The molecule has 0 heterocycles. The molecular weight excluding hydrogens is 269 g/mol. The van der Waals surface area contributed by atoms with Gasteiger partial charge in [-0.25, -0.2) is 17.2 Å². The molecule has 0 aromatic heterocycles. The predicted octanol–water partition coefficient (Wildman–Crippen LogP) is 2.18. The Morgan fingerprint density at radius 3 is 2.31 bits per heavy atom. The lowest BCUT2D eigenvalue weighted by Crippen LogP contribution is -2.04. The smallest absolute Gasteiger partial charge is 0.236 e. The topological polar surface area (TPSA) is 43.4 Å². The molecule has 0 spiro atoms. The molecule has 0 aliphatic heterocycles. The van der Waals surface area contributed by atoms with Crippen LogP contribution >= 0.6 is 10.7 Å². The van der Waals surface area contributed by atoms with Gasteiger partial charge in [-0.3, -0.25) is 0 Å². The number of ether oxygens (including phenoxy) is 1. The van der Waals surface area contributed by atoms with Gasteiger partial charge in [-0.2, -0.15) is 4.39 Å². The molecule has 0 saturated carbocycles. The molecule has 0 atom stereocenters. The summed E-state index contributed by atoms with van der Waals surface area (Å²) >= 11 is 0. The standard InChI is InChI=1S/C8H6ClF3O3S/c1-15-8-6(11)4(3-16(9,13)14)2-5(10)7(8)12/h2H,3H2,1H3. The van der Waals surface area contributed by atoms with Gasteiger partial charge in [0.25, 0.3) is 0 Å². The minimum absolute atomic E-state index is 0.424. The highest BCUT2D eigenvalue weighted by atomic mass is 35.7. The highest BCUT2D eigenvalue weighted by molar-refractivity contribution is 8.13. The maximum atomic E-state index is 13.4. The summed E-state index contributed by atoms with van der Waals surface area (Å²) in [5.41, 5.74) is -0.592. The van der Waals surface area contributed by atoms with Crippen molar-refractivity contribution in [2.45, 2.75) is 5.75 Å². The van der Waals surface area contributed by atoms with Gasteiger partial charge in [-0.05, 0) is 6.07 Å². The van der Waals surface area contributed by atoms with Crippen LogP contribution in [0.25, 0.3) is 0 Å². The fourth-order valence-electron chi connectivity index (χ4n) is 1.10. The largest absolute Gasteiger partial charge is 0.491 e. The first kappa shape index (κ1) is 13.1. The van der Waals surface area contributed by atoms with Crippen molar-refractivity contribution >= 4 is 19.7 Å². The second-order valence-corrected chi connectivity index (χ2v) is 5.64. The Hall–Kier alpha value is -0.950. The Bertz CT molecular complexity index is 516. The van der Waals surface area contributed by atoms with E-state index in [0.29, 0.717) is 6.07 Å². The van der Waals surface area contributed by atoms with Crippen molar-refractivity contribution < 1.29 is 26.3 Å². The Morgan fingerprint density at radius 2 is 1.88 bits per heavy atom. The number of methoxy groups -OCH3 is 1. The summed E-state index contributed by atoms with van der Waals surface area (Å²) in [6.07, 6.45) is 0. The van der Waals surface area contributed by atoms with Crippen LogP contribution in [0.15, 0.2) is 6.07 Å². The summed E-state index contributed by atoms with van der Waals surface area (Å²) in [5, 5.41) is 0. The molecular formula is C8H6ClF3O3S. The first-order valence-corrected chi connectivity index (χ1v) is 6.36. The number of rotatable bonds is 3. The molecule has 0 amide bonds. The first-order valence-electron chi connectivity index (χ1n) is 3.89. The quantitative estimate of drug-likeness (QED) is 0.627. The van der Waals surface area contributed by atoms with Gasteiger partial charge in [0.15, 0.2) is 17.4 Å². The normalized spacial score (nSPS) is 11.6. The van der Waals surface area contributed by atoms with Crippen LogP contribution in [0.4, 0.5) is 13.2 Å². The van der Waals surface area contributed by atoms with E-state index in [1.54, 1.807) is 0 Å². The molecule has 0 bridgehead atoms. The monoisotopic (exact) mass is 274 g/mol. The van der Waals surface area contributed by atoms with Gasteiger partial charge >= 0.3 is 0 Å². The van der Waals surface area contributed by atoms with Crippen LogP contribution in [0, 0.1) is 17.5 Å². The molecule has 0 fully saturated rings. The summed E-state index contributed by atoms with van der Waals surface area (Å²) in [6.45, 7) is 0. The molecule has 90 valence electrons. The molecule has 0 saturated heterocycles. The molecule has 1 aromatic carbocycles. The molecule has 0 unspecified atom stereocenters. The van der Waals surface area contributed by atoms with E-state index in [-0.39, 0.29) is 0 Å². The van der Waals surface area contributed by atoms with Crippen LogP contribution in [-0.4, -0.2) is 15.5 Å². The SMILES string of the molecule is COc1c(F)c(F)cc(CS(=O)(=O)Cl)c1F. The summed E-state index contributed by atoms with van der Waals surface area (Å²) in [5.74, 6) is -6.14. The van der Waals surface area contributed by atoms with E-state index < -0.39 is 43.6 Å². The third-order valence-corrected chi connectivity index (χ3v) is 2.71. The summed E-state index contributed by atoms with van der Waals surface area (Å²) < 4.78 is 64.9. The van der Waals surface area contributed by atoms with E-state index >= 15 is 0 Å². The van der Waals surface area contributed by atoms with Crippen LogP contribution < -0.4 is 4.74 Å². The fourth-order valence-corrected chi connectivity index (χ4v) is 2.03. The van der Waals surface area contributed by atoms with Gasteiger partial charge < -0.3 is 4.74 Å². The third kappa shape index (κ3) is 2.79. The zero-order valence-electron chi connectivity index (χ0n) is 7.93. The van der Waals surface area contributed by atoms with Crippen molar-refractivity contribution in [3.63, 3.8) is 0 Å². The third-order valence-electron chi connectivity index (χ3n) is 1.72. The van der Waals surface area contributed by atoms with Gasteiger partial charge in [0.05, 0.1) is 12.9 Å². The number of hydrogen-bond acceptors (Lipinski definition) is 3. The van der Waals surface area contributed by atoms with Gasteiger partial charge in [-0.1, -0.05) is 0 Å². The summed E-state index contributed by atoms with van der Waals surface area (Å²) in [7, 11) is 1.74. The van der Waals surface area contributed by atoms with Crippen molar-refractivity contribution in [2.24, 2.45) is 0 Å². The van der Waals surface area contributed by atoms with Crippen LogP contribution in [0.1, 0.15) is 5.56 Å². The molecule has 0 aliphatic rings. The molecule has 3 nitrogen and oxygen atoms in total. The van der Waals surface area contributed by atoms with Crippen molar-refractivity contribution in [1.82, 2.24) is 0 Å². The minimum atomic E-state index is -4.07. The van der Waals surface area contributed by atoms with Crippen molar-refractivity contribution in [2.75, 3.05) is 7.11 Å². The Labute approximate surface area is 94.2 Å². The second-order valence-electron chi connectivity index (χ2n) is 2.86. The van der Waals surface area contributed by atoms with Crippen molar-refractivity contribution in [3.05, 3.63) is 29.1 Å². The zero-order chi connectivity index (χ0) is 12.5. The lowest BCUT2D eigenvalue weighted by molar-refractivity contribution is 0.345. The molecule has 16 heavy (non-hydrogen) atoms. The van der Waals surface area contributed by atoms with E-state index in [2.05, 4.69) is 4.74 Å². The molecule has 1 rings (SSSR count). The van der Waals surface area contributed by atoms with Crippen LogP contribution in [0.5, 0.6) is 5.75 Å². The minimum Gasteiger partial charge on any atom is -0.491 e. The van der Waals surface area contributed by atoms with Crippen LogP contribution in [-0.2, 0) is 14.8 Å². The predicted molar refractivity (Wildman–Crippen MR) is 51.3 cm³/mol. The van der Waals surface area contributed by atoms with E-state index in [0.717, 1.165) is 7.11 Å². The highest BCUT2D eigenvalue weighted by Crippen LogP contribution is 2.28. The maximum absolute atomic E-state index is 13.4. The fraction of sp³-hybridized carbons (Fsp3) is 0.250. The second kappa shape index (κ2) is 4.50. The van der Waals surface area contributed by atoms with Gasteiger partial charge in [0.1, 0.15) is 0 Å². The van der Waals surface area contributed by atoms with Gasteiger partial charge in [0.2, 0.25) is 14.9 Å². The van der Waals surface area contributed by atoms with E-state index in [1.165, 1.54) is 0 Å². The molecule has 8 heteroatoms. The average Bonchev–Trinajstić information content (AvgIpc) is 2.13. The Morgan fingerprint density at radius 1 is 1.31 bits per heavy atom. The van der Waals surface area contributed by atoms with Crippen LogP contribution in [0.3, 0.4) is 0 Å². The average molecular weight is 275 g/mol. The van der Waals surface area contributed by atoms with Gasteiger partial charge in [0, 0.05) is 16.2 Å². The van der Waals surface area contributed by atoms with Crippen molar-refractivity contribution in [1.29, 1.82) is 0 Å². The van der Waals surface area contributed by atoms with E-state index in [1.807, 2.05) is 0 Å². The highest BCUT2D eigenvalue weighted by Gasteiger charge is 2.22. The molecule has 0 aliphatic carbocycles. The van der Waals surface area contributed by atoms with Crippen molar-refractivity contribution in [3.8, 4) is 5.75 Å². The maximum Gasteiger partial charge on any atom is 0.236 e. The Balaban J connectivity index is 3.37. The van der Waals surface area contributed by atoms with Gasteiger partial charge in [-0.15, -0.1) is 0 Å². The lowest BCUT2D eigenvalue weighted by atomic mass is 10.2. The Kier molecular flexibility index (Phi) is 3.69. The molecule has 0 N–H and O–H groups in total.